The van der Waals surface area contributed by atoms with Crippen LogP contribution in [0.3, 0.4) is 0 Å². The summed E-state index contributed by atoms with van der Waals surface area (Å²) in [6.45, 7) is 1.16. The second-order valence-corrected chi connectivity index (χ2v) is 8.96. The van der Waals surface area contributed by atoms with Crippen molar-refractivity contribution in [1.82, 2.24) is 0 Å². The van der Waals surface area contributed by atoms with E-state index in [0.717, 1.165) is 24.3 Å². The van der Waals surface area contributed by atoms with Gasteiger partial charge in [-0.25, -0.2) is 0 Å². The van der Waals surface area contributed by atoms with Gasteiger partial charge in [-0.2, -0.15) is 0 Å². The quantitative estimate of drug-likeness (QED) is 0.206. The smallest absolute Gasteiger partial charge is 0.119 e. The third-order valence-electron chi connectivity index (χ3n) is 6.25. The molecule has 0 saturated heterocycles. The van der Waals surface area contributed by atoms with Gasteiger partial charge in [-0.15, -0.1) is 0 Å². The molecule has 2 nitrogen and oxygen atoms in total. The van der Waals surface area contributed by atoms with Crippen LogP contribution in [-0.4, -0.2) is 0 Å². The average molecular weight is 471 g/mol. The van der Waals surface area contributed by atoms with Crippen LogP contribution < -0.4 is 9.47 Å². The Morgan fingerprint density at radius 1 is 0.333 bits per heavy atom. The molecule has 5 rings (SSSR count). The van der Waals surface area contributed by atoms with Gasteiger partial charge in [-0.1, -0.05) is 109 Å². The van der Waals surface area contributed by atoms with Gasteiger partial charge in [-0.3, -0.25) is 0 Å². The zero-order chi connectivity index (χ0) is 24.4. The fourth-order valence-corrected chi connectivity index (χ4v) is 4.23. The van der Waals surface area contributed by atoms with Crippen LogP contribution in [0.1, 0.15) is 33.4 Å². The fourth-order valence-electron chi connectivity index (χ4n) is 4.23. The van der Waals surface area contributed by atoms with Gasteiger partial charge in [0.2, 0.25) is 0 Å². The van der Waals surface area contributed by atoms with Gasteiger partial charge in [0.05, 0.1) is 0 Å². The third kappa shape index (κ3) is 6.64. The van der Waals surface area contributed by atoms with E-state index in [4.69, 9.17) is 9.47 Å². The van der Waals surface area contributed by atoms with E-state index in [9.17, 15) is 0 Å². The van der Waals surface area contributed by atoms with Crippen molar-refractivity contribution in [2.45, 2.75) is 26.1 Å². The molecular formula is C34H30O2. The van der Waals surface area contributed by atoms with Gasteiger partial charge in [0.15, 0.2) is 0 Å². The Hall–Kier alpha value is -4.30. The first-order valence-electron chi connectivity index (χ1n) is 12.4. The van der Waals surface area contributed by atoms with Crippen molar-refractivity contribution in [3.8, 4) is 11.5 Å². The largest absolute Gasteiger partial charge is 0.489 e. The molecule has 0 aliphatic carbocycles. The second kappa shape index (κ2) is 11.9. The number of ether oxygens (including phenoxy) is 2. The molecule has 5 aromatic rings. The van der Waals surface area contributed by atoms with Gasteiger partial charge in [0, 0.05) is 0 Å². The molecule has 0 N–H and O–H groups in total. The first-order valence-corrected chi connectivity index (χ1v) is 12.4. The van der Waals surface area contributed by atoms with E-state index in [0.29, 0.717) is 13.2 Å². The van der Waals surface area contributed by atoms with E-state index in [1.54, 1.807) is 0 Å². The molecule has 178 valence electrons. The maximum atomic E-state index is 5.94. The van der Waals surface area contributed by atoms with Crippen LogP contribution in [0.25, 0.3) is 0 Å². The van der Waals surface area contributed by atoms with Crippen molar-refractivity contribution >= 4 is 0 Å². The van der Waals surface area contributed by atoms with Crippen LogP contribution in [0, 0.1) is 0 Å². The lowest BCUT2D eigenvalue weighted by Crippen LogP contribution is -1.99. The van der Waals surface area contributed by atoms with Gasteiger partial charge < -0.3 is 9.47 Å². The zero-order valence-corrected chi connectivity index (χ0v) is 20.3. The first-order chi connectivity index (χ1) is 17.8. The van der Waals surface area contributed by atoms with Crippen molar-refractivity contribution < 1.29 is 9.47 Å². The lowest BCUT2D eigenvalue weighted by molar-refractivity contribution is 0.306. The summed E-state index contributed by atoms with van der Waals surface area (Å²) >= 11 is 0. The summed E-state index contributed by atoms with van der Waals surface area (Å²) in [5.74, 6) is 1.79. The Morgan fingerprint density at radius 2 is 0.694 bits per heavy atom. The summed E-state index contributed by atoms with van der Waals surface area (Å²) in [6.07, 6.45) is 1.79. The van der Waals surface area contributed by atoms with Crippen LogP contribution in [-0.2, 0) is 26.1 Å². The molecule has 5 aromatic carbocycles. The fraction of sp³-hybridized carbons (Fsp3) is 0.118. The lowest BCUT2D eigenvalue weighted by Gasteiger charge is -2.12. The average Bonchev–Trinajstić information content (AvgIpc) is 2.94. The SMILES string of the molecule is c1ccc(COc2ccc(Cc3ccccc3Cc3ccc(OCc4ccccc4)cc3)cc2)cc1. The van der Waals surface area contributed by atoms with Crippen LogP contribution in [0.4, 0.5) is 0 Å². The van der Waals surface area contributed by atoms with Gasteiger partial charge >= 0.3 is 0 Å². The number of benzene rings is 5. The summed E-state index contributed by atoms with van der Waals surface area (Å²) in [4.78, 5) is 0. The standard InChI is InChI=1S/C34H30O2/c1-3-9-29(10-4-1)25-35-33-19-15-27(16-20-33)23-31-13-7-8-14-32(31)24-28-17-21-34(22-18-28)36-26-30-11-5-2-6-12-30/h1-22H,23-26H2. The van der Waals surface area contributed by atoms with Crippen LogP contribution in [0.2, 0.25) is 0 Å². The molecule has 0 saturated carbocycles. The van der Waals surface area contributed by atoms with Crippen LogP contribution in [0.5, 0.6) is 11.5 Å². The van der Waals surface area contributed by atoms with Crippen molar-refractivity contribution in [2.24, 2.45) is 0 Å². The summed E-state index contributed by atoms with van der Waals surface area (Å²) in [5.41, 5.74) is 7.59. The Bertz CT molecular complexity index is 1230. The molecule has 0 aliphatic heterocycles. The summed E-state index contributed by atoms with van der Waals surface area (Å²) in [6, 6.07) is 46.1. The van der Waals surface area contributed by atoms with E-state index in [1.165, 1.54) is 33.4 Å². The van der Waals surface area contributed by atoms with Crippen molar-refractivity contribution in [1.29, 1.82) is 0 Å². The monoisotopic (exact) mass is 470 g/mol. The molecule has 0 unspecified atom stereocenters. The Kier molecular flexibility index (Phi) is 7.75. The van der Waals surface area contributed by atoms with E-state index >= 15 is 0 Å². The summed E-state index contributed by atoms with van der Waals surface area (Å²) < 4.78 is 11.9. The highest BCUT2D eigenvalue weighted by molar-refractivity contribution is 5.39. The molecule has 0 fully saturated rings. The predicted molar refractivity (Wildman–Crippen MR) is 146 cm³/mol. The van der Waals surface area contributed by atoms with Crippen molar-refractivity contribution in [3.05, 3.63) is 167 Å². The number of hydrogen-bond donors (Lipinski definition) is 0. The van der Waals surface area contributed by atoms with Crippen LogP contribution in [0.15, 0.2) is 133 Å². The molecule has 0 bridgehead atoms. The topological polar surface area (TPSA) is 18.5 Å². The van der Waals surface area contributed by atoms with E-state index in [2.05, 4.69) is 97.1 Å². The molecule has 0 radical (unpaired) electrons. The molecule has 0 aliphatic rings. The van der Waals surface area contributed by atoms with E-state index < -0.39 is 0 Å². The van der Waals surface area contributed by atoms with Crippen molar-refractivity contribution in [2.75, 3.05) is 0 Å². The highest BCUT2D eigenvalue weighted by atomic mass is 16.5. The summed E-state index contributed by atoms with van der Waals surface area (Å²) in [5, 5.41) is 0. The van der Waals surface area contributed by atoms with E-state index in [-0.39, 0.29) is 0 Å². The number of hydrogen-bond acceptors (Lipinski definition) is 2. The molecular weight excluding hydrogens is 440 g/mol. The molecule has 2 heteroatoms. The van der Waals surface area contributed by atoms with Crippen LogP contribution >= 0.6 is 0 Å². The first kappa shape index (κ1) is 23.4. The molecule has 0 amide bonds. The molecule has 36 heavy (non-hydrogen) atoms. The minimum atomic E-state index is 0.582. The highest BCUT2D eigenvalue weighted by Crippen LogP contribution is 2.22. The lowest BCUT2D eigenvalue weighted by atomic mass is 9.95. The predicted octanol–water partition coefficient (Wildman–Crippen LogP) is 8.03. The summed E-state index contributed by atoms with van der Waals surface area (Å²) in [7, 11) is 0. The Labute approximate surface area is 213 Å². The second-order valence-electron chi connectivity index (χ2n) is 8.96. The molecule has 0 heterocycles. The molecule has 0 spiro atoms. The van der Waals surface area contributed by atoms with Gasteiger partial charge in [-0.05, 0) is 70.5 Å². The minimum Gasteiger partial charge on any atom is -0.489 e. The minimum absolute atomic E-state index is 0.582. The molecule has 0 aromatic heterocycles. The normalized spacial score (nSPS) is 10.7. The highest BCUT2D eigenvalue weighted by Gasteiger charge is 2.06. The van der Waals surface area contributed by atoms with E-state index in [1.807, 2.05) is 36.4 Å². The van der Waals surface area contributed by atoms with Crippen molar-refractivity contribution in [3.63, 3.8) is 0 Å². The Balaban J connectivity index is 1.18. The van der Waals surface area contributed by atoms with Gasteiger partial charge in [0.1, 0.15) is 24.7 Å². The molecule has 0 atom stereocenters. The maximum absolute atomic E-state index is 5.94. The number of rotatable bonds is 10. The Morgan fingerprint density at radius 3 is 1.08 bits per heavy atom. The van der Waals surface area contributed by atoms with Gasteiger partial charge in [0.25, 0.3) is 0 Å². The zero-order valence-electron chi connectivity index (χ0n) is 20.3. The third-order valence-corrected chi connectivity index (χ3v) is 6.25. The maximum Gasteiger partial charge on any atom is 0.119 e.